The fourth-order valence-electron chi connectivity index (χ4n) is 2.31. The lowest BCUT2D eigenvalue weighted by Gasteiger charge is -2.04. The van der Waals surface area contributed by atoms with E-state index >= 15 is 0 Å². The number of nitro benzene ring substituents is 2. The molecule has 0 saturated heterocycles. The molecule has 144 valence electrons. The third kappa shape index (κ3) is 5.26. The van der Waals surface area contributed by atoms with Gasteiger partial charge in [0.25, 0.3) is 11.4 Å². The van der Waals surface area contributed by atoms with E-state index in [1.165, 1.54) is 36.4 Å². The zero-order chi connectivity index (χ0) is 20.6. The first-order chi connectivity index (χ1) is 14.0. The summed E-state index contributed by atoms with van der Waals surface area (Å²) in [6.07, 6.45) is 0. The van der Waals surface area contributed by atoms with Crippen molar-refractivity contribution >= 4 is 28.6 Å². The molecule has 3 aromatic carbocycles. The van der Waals surface area contributed by atoms with Crippen molar-refractivity contribution in [3.8, 4) is 0 Å². The van der Waals surface area contributed by atoms with Crippen LogP contribution in [-0.2, 0) is 0 Å². The van der Waals surface area contributed by atoms with Crippen molar-refractivity contribution < 1.29 is 9.85 Å². The number of non-ortho nitro benzene ring substituents is 2. The van der Waals surface area contributed by atoms with E-state index in [0.29, 0.717) is 16.9 Å². The van der Waals surface area contributed by atoms with Crippen LogP contribution in [-0.4, -0.2) is 15.7 Å². The van der Waals surface area contributed by atoms with Crippen LogP contribution in [0.1, 0.15) is 5.56 Å². The summed E-state index contributed by atoms with van der Waals surface area (Å²) in [6, 6.07) is 20.4. The van der Waals surface area contributed by atoms with E-state index in [-0.39, 0.29) is 17.2 Å². The summed E-state index contributed by atoms with van der Waals surface area (Å²) in [7, 11) is 0. The zero-order valence-electron chi connectivity index (χ0n) is 14.9. The molecule has 10 nitrogen and oxygen atoms in total. The molecule has 0 radical (unpaired) electrons. The van der Waals surface area contributed by atoms with Crippen LogP contribution in [0, 0.1) is 20.2 Å². The number of benzene rings is 3. The Morgan fingerprint density at radius 1 is 0.793 bits per heavy atom. The Bertz CT molecular complexity index is 1100. The van der Waals surface area contributed by atoms with Gasteiger partial charge in [0, 0.05) is 29.8 Å². The predicted octanol–water partition coefficient (Wildman–Crippen LogP) is 5.06. The van der Waals surface area contributed by atoms with Crippen molar-refractivity contribution in [1.29, 1.82) is 0 Å². The van der Waals surface area contributed by atoms with Crippen LogP contribution < -0.4 is 5.43 Å². The fourth-order valence-corrected chi connectivity index (χ4v) is 2.31. The van der Waals surface area contributed by atoms with Gasteiger partial charge in [0.1, 0.15) is 0 Å². The summed E-state index contributed by atoms with van der Waals surface area (Å²) < 4.78 is 0. The summed E-state index contributed by atoms with van der Waals surface area (Å²) >= 11 is 0. The third-order valence-corrected chi connectivity index (χ3v) is 3.68. The Morgan fingerprint density at radius 2 is 1.45 bits per heavy atom. The summed E-state index contributed by atoms with van der Waals surface area (Å²) in [5.74, 6) is 0.0732. The molecule has 1 N–H and O–H groups in total. The number of hydrogen-bond acceptors (Lipinski definition) is 7. The number of nitrogens with zero attached hydrogens (tertiary/aromatic N) is 5. The number of rotatable bonds is 6. The summed E-state index contributed by atoms with van der Waals surface area (Å²) in [6.45, 7) is 0. The molecule has 0 aliphatic carbocycles. The first kappa shape index (κ1) is 19.3. The third-order valence-electron chi connectivity index (χ3n) is 3.68. The quantitative estimate of drug-likeness (QED) is 0.206. The standard InChI is InChI=1S/C19H14N6O4/c26-24(27)17-10-4-6-14(12-17)19(22-20-15-7-2-1-3-8-15)23-21-16-9-5-11-18(13-16)25(28)29/h1-13,21H. The first-order valence-corrected chi connectivity index (χ1v) is 8.33. The lowest BCUT2D eigenvalue weighted by atomic mass is 10.2. The Labute approximate surface area is 164 Å². The number of nitro groups is 2. The fraction of sp³-hybridized carbons (Fsp3) is 0. The number of hydrogen-bond donors (Lipinski definition) is 1. The van der Waals surface area contributed by atoms with E-state index in [9.17, 15) is 20.2 Å². The predicted molar refractivity (Wildman–Crippen MR) is 107 cm³/mol. The van der Waals surface area contributed by atoms with E-state index in [1.54, 1.807) is 36.4 Å². The van der Waals surface area contributed by atoms with E-state index in [0.717, 1.165) is 0 Å². The highest BCUT2D eigenvalue weighted by Gasteiger charge is 2.11. The molecule has 0 bridgehead atoms. The number of nitrogens with one attached hydrogen (secondary N) is 1. The molecule has 10 heteroatoms. The zero-order valence-corrected chi connectivity index (χ0v) is 14.9. The van der Waals surface area contributed by atoms with E-state index in [4.69, 9.17) is 0 Å². The molecule has 0 aliphatic rings. The highest BCUT2D eigenvalue weighted by molar-refractivity contribution is 6.00. The van der Waals surface area contributed by atoms with Gasteiger partial charge in [-0.25, -0.2) is 0 Å². The van der Waals surface area contributed by atoms with Gasteiger partial charge in [0.15, 0.2) is 0 Å². The summed E-state index contributed by atoms with van der Waals surface area (Å²) in [4.78, 5) is 20.9. The molecule has 0 spiro atoms. The largest absolute Gasteiger partial charge is 0.276 e. The number of azo groups is 1. The van der Waals surface area contributed by atoms with Gasteiger partial charge >= 0.3 is 0 Å². The normalized spacial score (nSPS) is 11.4. The maximum absolute atomic E-state index is 11.1. The summed E-state index contributed by atoms with van der Waals surface area (Å²) in [5.41, 5.74) is 3.74. The van der Waals surface area contributed by atoms with Gasteiger partial charge in [-0.1, -0.05) is 36.4 Å². The highest BCUT2D eigenvalue weighted by Crippen LogP contribution is 2.19. The van der Waals surface area contributed by atoms with Gasteiger partial charge < -0.3 is 0 Å². The van der Waals surface area contributed by atoms with Crippen LogP contribution >= 0.6 is 0 Å². The molecule has 0 heterocycles. The summed E-state index contributed by atoms with van der Waals surface area (Å²) in [5, 5.41) is 34.3. The molecule has 0 unspecified atom stereocenters. The molecule has 0 amide bonds. The van der Waals surface area contributed by atoms with Crippen molar-refractivity contribution in [1.82, 2.24) is 0 Å². The van der Waals surface area contributed by atoms with Crippen LogP contribution in [0.3, 0.4) is 0 Å². The molecule has 3 aromatic rings. The topological polar surface area (TPSA) is 135 Å². The SMILES string of the molecule is O=[N+]([O-])c1cccc(NN=C(N=Nc2ccccc2)c2cccc([N+](=O)[O-])c2)c1. The van der Waals surface area contributed by atoms with Crippen LogP contribution in [0.5, 0.6) is 0 Å². The molecule has 0 saturated carbocycles. The molecular formula is C19H14N6O4. The number of amidine groups is 1. The van der Waals surface area contributed by atoms with Gasteiger partial charge in [-0.05, 0) is 18.2 Å². The average Bonchev–Trinajstić information content (AvgIpc) is 2.74. The first-order valence-electron chi connectivity index (χ1n) is 8.33. The Morgan fingerprint density at radius 3 is 2.14 bits per heavy atom. The minimum absolute atomic E-state index is 0.0732. The van der Waals surface area contributed by atoms with Crippen LogP contribution in [0.15, 0.2) is 94.2 Å². The van der Waals surface area contributed by atoms with Gasteiger partial charge in [-0.15, -0.1) is 10.2 Å². The number of hydrazone groups is 1. The second kappa shape index (κ2) is 8.95. The van der Waals surface area contributed by atoms with Gasteiger partial charge in [0.05, 0.1) is 21.2 Å². The molecule has 0 fully saturated rings. The maximum atomic E-state index is 11.1. The van der Waals surface area contributed by atoms with Gasteiger partial charge in [-0.3, -0.25) is 25.7 Å². The molecule has 0 atom stereocenters. The Hall–Kier alpha value is -4.47. The van der Waals surface area contributed by atoms with Crippen molar-refractivity contribution in [2.75, 3.05) is 5.43 Å². The van der Waals surface area contributed by atoms with Crippen molar-refractivity contribution in [3.05, 3.63) is 105 Å². The molecule has 3 rings (SSSR count). The lowest BCUT2D eigenvalue weighted by Crippen LogP contribution is -2.02. The van der Waals surface area contributed by atoms with Crippen molar-refractivity contribution in [2.24, 2.45) is 15.3 Å². The minimum Gasteiger partial charge on any atom is -0.276 e. The Balaban J connectivity index is 1.96. The van der Waals surface area contributed by atoms with Gasteiger partial charge in [0.2, 0.25) is 5.84 Å². The second-order valence-corrected chi connectivity index (χ2v) is 5.70. The van der Waals surface area contributed by atoms with Crippen LogP contribution in [0.2, 0.25) is 0 Å². The van der Waals surface area contributed by atoms with Crippen LogP contribution in [0.25, 0.3) is 0 Å². The van der Waals surface area contributed by atoms with E-state index in [1.807, 2.05) is 6.07 Å². The Kier molecular flexibility index (Phi) is 5.96. The maximum Gasteiger partial charge on any atom is 0.271 e. The lowest BCUT2D eigenvalue weighted by molar-refractivity contribution is -0.385. The smallest absolute Gasteiger partial charge is 0.271 e. The van der Waals surface area contributed by atoms with Crippen LogP contribution in [0.4, 0.5) is 22.7 Å². The second-order valence-electron chi connectivity index (χ2n) is 5.70. The molecule has 0 aliphatic heterocycles. The molecule has 0 aromatic heterocycles. The average molecular weight is 390 g/mol. The highest BCUT2D eigenvalue weighted by atomic mass is 16.6. The van der Waals surface area contributed by atoms with Crippen molar-refractivity contribution in [3.63, 3.8) is 0 Å². The van der Waals surface area contributed by atoms with Crippen molar-refractivity contribution in [2.45, 2.75) is 0 Å². The van der Waals surface area contributed by atoms with E-state index < -0.39 is 9.85 Å². The molecular weight excluding hydrogens is 376 g/mol. The van der Waals surface area contributed by atoms with E-state index in [2.05, 4.69) is 20.8 Å². The minimum atomic E-state index is -0.524. The van der Waals surface area contributed by atoms with Gasteiger partial charge in [-0.2, -0.15) is 5.10 Å². The monoisotopic (exact) mass is 390 g/mol. The molecule has 29 heavy (non-hydrogen) atoms. The number of anilines is 1.